The fraction of sp³-hybridized carbons (Fsp3) is 0.211. The minimum Gasteiger partial charge on any atom is -0.335 e. The molecule has 0 fully saturated rings. The second-order valence-electron chi connectivity index (χ2n) is 5.62. The summed E-state index contributed by atoms with van der Waals surface area (Å²) in [7, 11) is 0. The van der Waals surface area contributed by atoms with Crippen LogP contribution < -0.4 is 0 Å². The largest absolute Gasteiger partial charge is 0.335 e. The van der Waals surface area contributed by atoms with Crippen molar-refractivity contribution in [2.24, 2.45) is 0 Å². The molecule has 0 atom stereocenters. The van der Waals surface area contributed by atoms with E-state index in [1.165, 1.54) is 5.56 Å². The van der Waals surface area contributed by atoms with Crippen LogP contribution >= 0.6 is 0 Å². The third-order valence-electron chi connectivity index (χ3n) is 4.06. The van der Waals surface area contributed by atoms with Crippen LogP contribution in [0.15, 0.2) is 61.3 Å². The standard InChI is InChI=1S/C19H20N4O/c1-3-22(13-17-7-5-4-6-15(17)2)19(24)16-8-9-18(21-12-16)23-11-10-20-14-23/h4-12,14H,3,13H2,1-2H3. The number of carbonyl (C=O) groups is 1. The molecule has 3 rings (SSSR count). The molecular formula is C19H20N4O. The Morgan fingerprint density at radius 2 is 2.04 bits per heavy atom. The fourth-order valence-corrected chi connectivity index (χ4v) is 2.56. The lowest BCUT2D eigenvalue weighted by molar-refractivity contribution is 0.0752. The molecular weight excluding hydrogens is 300 g/mol. The first kappa shape index (κ1) is 15.9. The molecule has 0 N–H and O–H groups in total. The highest BCUT2D eigenvalue weighted by atomic mass is 16.2. The second kappa shape index (κ2) is 7.08. The predicted octanol–water partition coefficient (Wildman–Crippen LogP) is 3.24. The minimum atomic E-state index is -0.00886. The molecule has 0 aliphatic carbocycles. The molecule has 0 saturated carbocycles. The number of hydrogen-bond donors (Lipinski definition) is 0. The Balaban J connectivity index is 1.77. The monoisotopic (exact) mass is 320 g/mol. The summed E-state index contributed by atoms with van der Waals surface area (Å²) in [6.07, 6.45) is 6.82. The van der Waals surface area contributed by atoms with Gasteiger partial charge in [-0.2, -0.15) is 0 Å². The molecule has 5 nitrogen and oxygen atoms in total. The highest BCUT2D eigenvalue weighted by Gasteiger charge is 2.16. The molecule has 5 heteroatoms. The lowest BCUT2D eigenvalue weighted by atomic mass is 10.1. The maximum atomic E-state index is 12.8. The van der Waals surface area contributed by atoms with Gasteiger partial charge in [0.1, 0.15) is 12.1 Å². The van der Waals surface area contributed by atoms with E-state index in [0.717, 1.165) is 11.4 Å². The Labute approximate surface area is 141 Å². The van der Waals surface area contributed by atoms with Crippen LogP contribution in [-0.2, 0) is 6.54 Å². The SMILES string of the molecule is CCN(Cc1ccccc1C)C(=O)c1ccc(-n2ccnc2)nc1. The smallest absolute Gasteiger partial charge is 0.255 e. The molecule has 24 heavy (non-hydrogen) atoms. The van der Waals surface area contributed by atoms with Gasteiger partial charge in [0.2, 0.25) is 0 Å². The van der Waals surface area contributed by atoms with Crippen molar-refractivity contribution >= 4 is 5.91 Å². The molecule has 0 bridgehead atoms. The van der Waals surface area contributed by atoms with E-state index in [2.05, 4.69) is 29.0 Å². The zero-order valence-corrected chi connectivity index (χ0v) is 13.9. The number of nitrogens with zero attached hydrogens (tertiary/aromatic N) is 4. The highest BCUT2D eigenvalue weighted by Crippen LogP contribution is 2.14. The molecule has 0 unspecified atom stereocenters. The summed E-state index contributed by atoms with van der Waals surface area (Å²) in [4.78, 5) is 22.9. The van der Waals surface area contributed by atoms with Crippen LogP contribution in [-0.4, -0.2) is 31.9 Å². The van der Waals surface area contributed by atoms with Crippen molar-refractivity contribution in [1.82, 2.24) is 19.4 Å². The first-order valence-corrected chi connectivity index (χ1v) is 7.97. The van der Waals surface area contributed by atoms with E-state index in [1.54, 1.807) is 23.3 Å². The average Bonchev–Trinajstić information content (AvgIpc) is 3.15. The summed E-state index contributed by atoms with van der Waals surface area (Å²) in [5.74, 6) is 0.733. The molecule has 1 amide bonds. The van der Waals surface area contributed by atoms with E-state index in [-0.39, 0.29) is 5.91 Å². The van der Waals surface area contributed by atoms with Crippen LogP contribution in [0, 0.1) is 6.92 Å². The maximum absolute atomic E-state index is 12.8. The van der Waals surface area contributed by atoms with Crippen molar-refractivity contribution in [3.05, 3.63) is 78.0 Å². The first-order valence-electron chi connectivity index (χ1n) is 7.97. The van der Waals surface area contributed by atoms with Gasteiger partial charge < -0.3 is 4.90 Å². The third kappa shape index (κ3) is 3.35. The van der Waals surface area contributed by atoms with Gasteiger partial charge in [0, 0.05) is 31.7 Å². The fourth-order valence-electron chi connectivity index (χ4n) is 2.56. The summed E-state index contributed by atoms with van der Waals surface area (Å²) in [5.41, 5.74) is 2.95. The van der Waals surface area contributed by atoms with Crippen LogP contribution in [0.5, 0.6) is 0 Å². The molecule has 2 heterocycles. The van der Waals surface area contributed by atoms with Gasteiger partial charge in [-0.15, -0.1) is 0 Å². The predicted molar refractivity (Wildman–Crippen MR) is 93.0 cm³/mol. The Morgan fingerprint density at radius 3 is 2.67 bits per heavy atom. The van der Waals surface area contributed by atoms with Gasteiger partial charge in [-0.25, -0.2) is 9.97 Å². The van der Waals surface area contributed by atoms with E-state index in [4.69, 9.17) is 0 Å². The molecule has 0 spiro atoms. The van der Waals surface area contributed by atoms with Gasteiger partial charge in [0.25, 0.3) is 5.91 Å². The van der Waals surface area contributed by atoms with Crippen molar-refractivity contribution in [1.29, 1.82) is 0 Å². The van der Waals surface area contributed by atoms with Gasteiger partial charge in [-0.05, 0) is 37.1 Å². The zero-order valence-electron chi connectivity index (χ0n) is 13.9. The van der Waals surface area contributed by atoms with Gasteiger partial charge in [-0.3, -0.25) is 9.36 Å². The number of carbonyl (C=O) groups excluding carboxylic acids is 1. The van der Waals surface area contributed by atoms with E-state index >= 15 is 0 Å². The van der Waals surface area contributed by atoms with E-state index in [0.29, 0.717) is 18.7 Å². The molecule has 122 valence electrons. The van der Waals surface area contributed by atoms with E-state index < -0.39 is 0 Å². The molecule has 0 aliphatic heterocycles. The number of aromatic nitrogens is 3. The molecule has 0 saturated heterocycles. The Hall–Kier alpha value is -2.95. The topological polar surface area (TPSA) is 51.0 Å². The van der Waals surface area contributed by atoms with Gasteiger partial charge in [0.05, 0.1) is 5.56 Å². The molecule has 0 aliphatic rings. The summed E-state index contributed by atoms with van der Waals surface area (Å²) < 4.78 is 1.80. The van der Waals surface area contributed by atoms with Crippen molar-refractivity contribution in [2.45, 2.75) is 20.4 Å². The van der Waals surface area contributed by atoms with Crippen LogP contribution in [0.25, 0.3) is 5.82 Å². The van der Waals surface area contributed by atoms with Crippen LogP contribution in [0.2, 0.25) is 0 Å². The number of benzene rings is 1. The van der Waals surface area contributed by atoms with Crippen molar-refractivity contribution < 1.29 is 4.79 Å². The lowest BCUT2D eigenvalue weighted by Gasteiger charge is -2.22. The number of imidazole rings is 1. The summed E-state index contributed by atoms with van der Waals surface area (Å²) in [6.45, 7) is 5.31. The second-order valence-corrected chi connectivity index (χ2v) is 5.62. The molecule has 3 aromatic rings. The van der Waals surface area contributed by atoms with Crippen molar-refractivity contribution in [2.75, 3.05) is 6.54 Å². The number of aryl methyl sites for hydroxylation is 1. The Bertz CT molecular complexity index is 810. The quantitative estimate of drug-likeness (QED) is 0.725. The van der Waals surface area contributed by atoms with Crippen LogP contribution in [0.1, 0.15) is 28.4 Å². The first-order chi connectivity index (χ1) is 11.7. The minimum absolute atomic E-state index is 0.00886. The van der Waals surface area contributed by atoms with E-state index in [1.807, 2.05) is 42.3 Å². The summed E-state index contributed by atoms with van der Waals surface area (Å²) in [5, 5.41) is 0. The van der Waals surface area contributed by atoms with Gasteiger partial charge in [-0.1, -0.05) is 24.3 Å². The third-order valence-corrected chi connectivity index (χ3v) is 4.06. The Morgan fingerprint density at radius 1 is 1.21 bits per heavy atom. The van der Waals surface area contributed by atoms with E-state index in [9.17, 15) is 4.79 Å². The number of rotatable bonds is 5. The maximum Gasteiger partial charge on any atom is 0.255 e. The highest BCUT2D eigenvalue weighted by molar-refractivity contribution is 5.94. The summed E-state index contributed by atoms with van der Waals surface area (Å²) in [6, 6.07) is 11.8. The van der Waals surface area contributed by atoms with Gasteiger partial charge >= 0.3 is 0 Å². The molecule has 0 radical (unpaired) electrons. The number of amides is 1. The number of pyridine rings is 1. The van der Waals surface area contributed by atoms with Gasteiger partial charge in [0.15, 0.2) is 0 Å². The lowest BCUT2D eigenvalue weighted by Crippen LogP contribution is -2.30. The van der Waals surface area contributed by atoms with Crippen molar-refractivity contribution in [3.8, 4) is 5.82 Å². The summed E-state index contributed by atoms with van der Waals surface area (Å²) >= 11 is 0. The molecule has 1 aromatic carbocycles. The van der Waals surface area contributed by atoms with Crippen LogP contribution in [0.3, 0.4) is 0 Å². The van der Waals surface area contributed by atoms with Crippen LogP contribution in [0.4, 0.5) is 0 Å². The average molecular weight is 320 g/mol. The Kier molecular flexibility index (Phi) is 4.70. The normalized spacial score (nSPS) is 10.6. The number of hydrogen-bond acceptors (Lipinski definition) is 3. The van der Waals surface area contributed by atoms with Crippen molar-refractivity contribution in [3.63, 3.8) is 0 Å². The molecule has 2 aromatic heterocycles. The zero-order chi connectivity index (χ0) is 16.9.